The summed E-state index contributed by atoms with van der Waals surface area (Å²) in [5, 5.41) is 1.19. The number of para-hydroxylation sites is 1. The Bertz CT molecular complexity index is 1230. The Balaban J connectivity index is 1.18. The monoisotopic (exact) mass is 480 g/mol. The molecule has 0 bridgehead atoms. The second-order valence-electron chi connectivity index (χ2n) is 10.2. The van der Waals surface area contributed by atoms with Crippen LogP contribution in [0.3, 0.4) is 0 Å². The van der Waals surface area contributed by atoms with Gasteiger partial charge < -0.3 is 15.5 Å². The maximum absolute atomic E-state index is 11.1. The first kappa shape index (κ1) is 23.7. The van der Waals surface area contributed by atoms with Crippen molar-refractivity contribution in [3.63, 3.8) is 0 Å². The van der Waals surface area contributed by atoms with Gasteiger partial charge >= 0.3 is 7.82 Å². The third kappa shape index (κ3) is 5.59. The molecule has 0 unspecified atom stereocenters. The number of nitrogens with two attached hydrogens (primary N) is 1. The zero-order valence-electron chi connectivity index (χ0n) is 19.4. The number of aromatic nitrogens is 1. The van der Waals surface area contributed by atoms with Crippen LogP contribution in [-0.2, 0) is 28.4 Å². The molecule has 7 heteroatoms. The molecule has 1 aromatic heterocycles. The van der Waals surface area contributed by atoms with E-state index in [-0.39, 0.29) is 6.61 Å². The number of benzene rings is 2. The molecule has 0 aliphatic heterocycles. The quantitative estimate of drug-likeness (QED) is 0.409. The first-order valence-electron chi connectivity index (χ1n) is 12.2. The van der Waals surface area contributed by atoms with Gasteiger partial charge in [0.15, 0.2) is 0 Å². The molecule has 2 aliphatic carbocycles. The molecule has 0 radical (unpaired) electrons. The topological polar surface area (TPSA) is 106 Å². The molecule has 0 amide bonds. The molecule has 1 fully saturated rings. The van der Waals surface area contributed by atoms with Gasteiger partial charge in [0.05, 0.1) is 12.1 Å². The van der Waals surface area contributed by atoms with E-state index in [0.29, 0.717) is 24.7 Å². The summed E-state index contributed by atoms with van der Waals surface area (Å²) in [4.78, 5) is 22.8. The Labute approximate surface area is 200 Å². The lowest BCUT2D eigenvalue weighted by molar-refractivity contribution is 0.153. The van der Waals surface area contributed by atoms with Crippen molar-refractivity contribution < 1.29 is 18.9 Å². The lowest BCUT2D eigenvalue weighted by atomic mass is 9.79. The molecule has 1 heterocycles. The van der Waals surface area contributed by atoms with E-state index >= 15 is 0 Å². The molecule has 3 aromatic rings. The Morgan fingerprint density at radius 2 is 1.94 bits per heavy atom. The Hall–Kier alpha value is -2.08. The van der Waals surface area contributed by atoms with Crippen molar-refractivity contribution >= 4 is 18.7 Å². The maximum Gasteiger partial charge on any atom is 0.469 e. The number of pyridine rings is 1. The van der Waals surface area contributed by atoms with Gasteiger partial charge in [0, 0.05) is 16.6 Å². The molecular formula is C27H33N2O4P. The standard InChI is InChI=1S/C27H33N2O4P/c28-27(18-33-34(30,31)32)14-13-24(17-27)23-9-8-21-15-19(5-7-22(21)16-23)6-11-25-12-10-20-3-1-2-4-26(20)29-25/h1-4,8-10,12,16,19,24H,5-7,11,13-15,17-18,28H2,(H2,30,31,32)/t19-,24-,27+/m1/s1. The Morgan fingerprint density at radius 3 is 2.79 bits per heavy atom. The molecule has 3 atom stereocenters. The second kappa shape index (κ2) is 9.52. The number of hydrogen-bond donors (Lipinski definition) is 3. The maximum atomic E-state index is 11.1. The van der Waals surface area contributed by atoms with Gasteiger partial charge in [-0.25, -0.2) is 4.57 Å². The van der Waals surface area contributed by atoms with E-state index in [1.54, 1.807) is 0 Å². The van der Waals surface area contributed by atoms with E-state index in [1.165, 1.54) is 34.2 Å². The SMILES string of the molecule is N[C@@]1(COP(=O)(O)O)CC[C@@H](c2ccc3c(c2)CC[C@H](CCc2ccc4ccccc4n2)C3)C1. The number of hydrogen-bond acceptors (Lipinski definition) is 4. The summed E-state index contributed by atoms with van der Waals surface area (Å²) in [6.45, 7) is -0.105. The third-order valence-corrected chi connectivity index (χ3v) is 8.13. The van der Waals surface area contributed by atoms with Crippen LogP contribution in [-0.4, -0.2) is 26.9 Å². The van der Waals surface area contributed by atoms with Crippen LogP contribution < -0.4 is 5.73 Å². The molecule has 1 saturated carbocycles. The number of phosphoric ester groups is 1. The van der Waals surface area contributed by atoms with Gasteiger partial charge in [0.1, 0.15) is 0 Å². The number of fused-ring (bicyclic) bond motifs is 2. The minimum absolute atomic E-state index is 0.105. The van der Waals surface area contributed by atoms with E-state index in [2.05, 4.69) is 48.5 Å². The van der Waals surface area contributed by atoms with Gasteiger partial charge in [-0.05, 0) is 92.0 Å². The Morgan fingerprint density at radius 1 is 1.09 bits per heavy atom. The molecule has 0 spiro atoms. The van der Waals surface area contributed by atoms with Gasteiger partial charge in [-0.15, -0.1) is 0 Å². The average molecular weight is 481 g/mol. The van der Waals surface area contributed by atoms with Gasteiger partial charge in [0.25, 0.3) is 0 Å². The van der Waals surface area contributed by atoms with Crippen LogP contribution in [0.4, 0.5) is 0 Å². The van der Waals surface area contributed by atoms with Crippen molar-refractivity contribution in [3.8, 4) is 0 Å². The highest BCUT2D eigenvalue weighted by Crippen LogP contribution is 2.44. The van der Waals surface area contributed by atoms with Crippen LogP contribution in [0.25, 0.3) is 10.9 Å². The smallest absolute Gasteiger partial charge is 0.323 e. The summed E-state index contributed by atoms with van der Waals surface area (Å²) < 4.78 is 15.8. The number of phosphoric acid groups is 1. The third-order valence-electron chi connectivity index (χ3n) is 7.66. The average Bonchev–Trinajstić information content (AvgIpc) is 3.23. The minimum atomic E-state index is -4.49. The van der Waals surface area contributed by atoms with Crippen LogP contribution >= 0.6 is 7.82 Å². The fourth-order valence-corrected chi connectivity index (χ4v) is 6.16. The molecule has 2 aliphatic rings. The van der Waals surface area contributed by atoms with Gasteiger partial charge in [-0.3, -0.25) is 9.51 Å². The van der Waals surface area contributed by atoms with Crippen molar-refractivity contribution in [1.82, 2.24) is 4.98 Å². The molecule has 180 valence electrons. The van der Waals surface area contributed by atoms with Gasteiger partial charge in [-0.2, -0.15) is 0 Å². The van der Waals surface area contributed by atoms with Crippen molar-refractivity contribution in [2.45, 2.75) is 62.8 Å². The molecule has 34 heavy (non-hydrogen) atoms. The zero-order valence-corrected chi connectivity index (χ0v) is 20.3. The van der Waals surface area contributed by atoms with Crippen LogP contribution in [0.15, 0.2) is 54.6 Å². The highest BCUT2D eigenvalue weighted by atomic mass is 31.2. The van der Waals surface area contributed by atoms with E-state index in [0.717, 1.165) is 37.6 Å². The van der Waals surface area contributed by atoms with Crippen molar-refractivity contribution in [3.05, 3.63) is 77.0 Å². The molecule has 6 nitrogen and oxygen atoms in total. The van der Waals surface area contributed by atoms with Gasteiger partial charge in [-0.1, -0.05) is 42.5 Å². The summed E-state index contributed by atoms with van der Waals surface area (Å²) in [5.41, 5.74) is 12.1. The van der Waals surface area contributed by atoms with Crippen LogP contribution in [0, 0.1) is 5.92 Å². The van der Waals surface area contributed by atoms with E-state index in [9.17, 15) is 4.57 Å². The summed E-state index contributed by atoms with van der Waals surface area (Å²) in [6, 6.07) is 19.5. The highest BCUT2D eigenvalue weighted by molar-refractivity contribution is 7.46. The Kier molecular flexibility index (Phi) is 6.62. The minimum Gasteiger partial charge on any atom is -0.323 e. The summed E-state index contributed by atoms with van der Waals surface area (Å²) in [7, 11) is -4.49. The fraction of sp³-hybridized carbons (Fsp3) is 0.444. The van der Waals surface area contributed by atoms with Crippen molar-refractivity contribution in [1.29, 1.82) is 0 Å². The molecule has 4 N–H and O–H groups in total. The summed E-state index contributed by atoms with van der Waals surface area (Å²) in [6.07, 6.45) is 7.90. The van der Waals surface area contributed by atoms with Crippen LogP contribution in [0.1, 0.15) is 60.4 Å². The number of rotatable bonds is 7. The van der Waals surface area contributed by atoms with Crippen LogP contribution in [0.2, 0.25) is 0 Å². The summed E-state index contributed by atoms with van der Waals surface area (Å²) >= 11 is 0. The predicted molar refractivity (Wildman–Crippen MR) is 134 cm³/mol. The molecular weight excluding hydrogens is 447 g/mol. The van der Waals surface area contributed by atoms with Crippen LogP contribution in [0.5, 0.6) is 0 Å². The summed E-state index contributed by atoms with van der Waals surface area (Å²) in [5.74, 6) is 0.993. The van der Waals surface area contributed by atoms with E-state index in [4.69, 9.17) is 25.0 Å². The highest BCUT2D eigenvalue weighted by Gasteiger charge is 2.38. The molecule has 0 saturated heterocycles. The number of nitrogens with zero attached hydrogens (tertiary/aromatic N) is 1. The lowest BCUT2D eigenvalue weighted by Crippen LogP contribution is -2.41. The molecule has 2 aromatic carbocycles. The van der Waals surface area contributed by atoms with Crippen molar-refractivity contribution in [2.75, 3.05) is 6.61 Å². The molecule has 5 rings (SSSR count). The largest absolute Gasteiger partial charge is 0.469 e. The fourth-order valence-electron chi connectivity index (χ4n) is 5.74. The van der Waals surface area contributed by atoms with Crippen molar-refractivity contribution in [2.24, 2.45) is 11.7 Å². The van der Waals surface area contributed by atoms with E-state index < -0.39 is 13.4 Å². The van der Waals surface area contributed by atoms with E-state index in [1.807, 2.05) is 6.07 Å². The predicted octanol–water partition coefficient (Wildman–Crippen LogP) is 5.05. The first-order chi connectivity index (χ1) is 16.3. The first-order valence-corrected chi connectivity index (χ1v) is 13.7. The second-order valence-corrected chi connectivity index (χ2v) is 11.5. The lowest BCUT2D eigenvalue weighted by Gasteiger charge is -2.27. The normalized spacial score (nSPS) is 24.9. The van der Waals surface area contributed by atoms with Gasteiger partial charge in [0.2, 0.25) is 0 Å². The zero-order chi connectivity index (χ0) is 23.8. The number of aryl methyl sites for hydroxylation is 2.